The molecule has 12 heteroatoms. The Hall–Kier alpha value is -3.61. The van der Waals surface area contributed by atoms with Crippen LogP contribution in [0.4, 0.5) is 5.69 Å². The summed E-state index contributed by atoms with van der Waals surface area (Å²) in [6, 6.07) is 1.72. The predicted molar refractivity (Wildman–Crippen MR) is 134 cm³/mol. The molecule has 1 unspecified atom stereocenters. The maximum atomic E-state index is 13.1. The van der Waals surface area contributed by atoms with Gasteiger partial charge in [-0.05, 0) is 19.4 Å². The monoisotopic (exact) mass is 492 g/mol. The molecule has 35 heavy (non-hydrogen) atoms. The third-order valence-electron chi connectivity index (χ3n) is 6.39. The van der Waals surface area contributed by atoms with Gasteiger partial charge in [0, 0.05) is 45.2 Å². The van der Waals surface area contributed by atoms with E-state index in [1.807, 2.05) is 26.4 Å². The van der Waals surface area contributed by atoms with Crippen molar-refractivity contribution in [2.24, 2.45) is 7.05 Å². The highest BCUT2D eigenvalue weighted by Crippen LogP contribution is 2.34. The molecule has 11 nitrogen and oxygen atoms in total. The second-order valence-corrected chi connectivity index (χ2v) is 9.91. The quantitative estimate of drug-likeness (QED) is 0.385. The molecule has 1 atom stereocenters. The molecular formula is C23H24N8O3S. The van der Waals surface area contributed by atoms with Crippen LogP contribution in [-0.4, -0.2) is 73.0 Å². The van der Waals surface area contributed by atoms with Crippen molar-refractivity contribution in [3.05, 3.63) is 40.7 Å². The highest BCUT2D eigenvalue weighted by atomic mass is 32.1. The van der Waals surface area contributed by atoms with Gasteiger partial charge < -0.3 is 15.0 Å². The van der Waals surface area contributed by atoms with Crippen LogP contribution in [-0.2, 0) is 16.6 Å². The van der Waals surface area contributed by atoms with Crippen molar-refractivity contribution in [2.45, 2.75) is 19.4 Å². The number of hydrogen-bond donors (Lipinski definition) is 2. The number of H-pyrrole nitrogens is 1. The Morgan fingerprint density at radius 1 is 1.31 bits per heavy atom. The summed E-state index contributed by atoms with van der Waals surface area (Å²) >= 11 is 1.49. The number of carbonyl (C=O) groups is 1. The van der Waals surface area contributed by atoms with Gasteiger partial charge in [-0.1, -0.05) is 0 Å². The Labute approximate surface area is 203 Å². The number of ether oxygens (including phenoxy) is 1. The Kier molecular flexibility index (Phi) is 5.16. The fourth-order valence-electron chi connectivity index (χ4n) is 4.72. The van der Waals surface area contributed by atoms with E-state index in [9.17, 15) is 9.59 Å². The zero-order valence-electron chi connectivity index (χ0n) is 19.5. The van der Waals surface area contributed by atoms with Crippen molar-refractivity contribution in [2.75, 3.05) is 32.1 Å². The number of likely N-dealkylation sites (tertiary alicyclic amines) is 1. The number of thiazole rings is 1. The zero-order chi connectivity index (χ0) is 24.3. The third-order valence-corrected chi connectivity index (χ3v) is 7.52. The fraction of sp³-hybridized carbons (Fsp3) is 0.348. The molecule has 6 heterocycles. The van der Waals surface area contributed by atoms with Crippen molar-refractivity contribution < 1.29 is 9.53 Å². The number of aryl methyl sites for hydroxylation is 2. The lowest BCUT2D eigenvalue weighted by Gasteiger charge is -2.15. The van der Waals surface area contributed by atoms with Gasteiger partial charge in [0.1, 0.15) is 21.3 Å². The van der Waals surface area contributed by atoms with E-state index in [2.05, 4.69) is 30.4 Å². The Bertz CT molecular complexity index is 1660. The first-order valence-electron chi connectivity index (χ1n) is 11.3. The molecule has 5 aromatic rings. The first kappa shape index (κ1) is 21.9. The lowest BCUT2D eigenvalue weighted by atomic mass is 10.2. The Balaban J connectivity index is 1.31. The summed E-state index contributed by atoms with van der Waals surface area (Å²) in [5.74, 6) is -0.132. The van der Waals surface area contributed by atoms with Crippen LogP contribution in [0.3, 0.4) is 0 Å². The normalized spacial score (nSPS) is 16.7. The number of pyridine rings is 2. The highest BCUT2D eigenvalue weighted by molar-refractivity contribution is 7.21. The van der Waals surface area contributed by atoms with Crippen molar-refractivity contribution in [1.82, 2.24) is 34.3 Å². The van der Waals surface area contributed by atoms with Gasteiger partial charge in [-0.3, -0.25) is 24.2 Å². The molecular weight excluding hydrogens is 468 g/mol. The van der Waals surface area contributed by atoms with Crippen LogP contribution in [0.2, 0.25) is 0 Å². The average Bonchev–Trinajstić information content (AvgIpc) is 3.56. The van der Waals surface area contributed by atoms with Gasteiger partial charge in [0.2, 0.25) is 5.91 Å². The highest BCUT2D eigenvalue weighted by Gasteiger charge is 2.24. The maximum Gasteiger partial charge on any atom is 0.261 e. The fourth-order valence-corrected chi connectivity index (χ4v) is 5.87. The van der Waals surface area contributed by atoms with E-state index in [1.165, 1.54) is 11.3 Å². The number of nitrogens with one attached hydrogen (secondary N) is 2. The van der Waals surface area contributed by atoms with E-state index in [0.29, 0.717) is 27.6 Å². The first-order valence-corrected chi connectivity index (χ1v) is 12.1. The summed E-state index contributed by atoms with van der Waals surface area (Å²) in [5.41, 5.74) is 3.84. The summed E-state index contributed by atoms with van der Waals surface area (Å²) in [4.78, 5) is 36.8. The SMILES string of the molecule is COC1CCN(CC(=O)Nc2cnc3c(c2)[nH]c(=O)c2c3nn3cc(-c4cn(C)nc4C)sc23)C1. The van der Waals surface area contributed by atoms with Gasteiger partial charge in [0.15, 0.2) is 0 Å². The molecule has 180 valence electrons. The van der Waals surface area contributed by atoms with Crippen LogP contribution in [0.5, 0.6) is 0 Å². The smallest absolute Gasteiger partial charge is 0.261 e. The van der Waals surface area contributed by atoms with Crippen molar-refractivity contribution in [1.29, 1.82) is 0 Å². The van der Waals surface area contributed by atoms with E-state index in [-0.39, 0.29) is 24.1 Å². The molecule has 1 aliphatic rings. The maximum absolute atomic E-state index is 13.1. The van der Waals surface area contributed by atoms with E-state index in [1.54, 1.807) is 28.6 Å². The van der Waals surface area contributed by atoms with Crippen LogP contribution < -0.4 is 10.9 Å². The number of fused-ring (bicyclic) bond motifs is 5. The van der Waals surface area contributed by atoms with Crippen molar-refractivity contribution in [3.63, 3.8) is 0 Å². The Morgan fingerprint density at radius 2 is 2.17 bits per heavy atom. The summed E-state index contributed by atoms with van der Waals surface area (Å²) in [6.45, 7) is 3.80. The zero-order valence-corrected chi connectivity index (χ0v) is 20.3. The van der Waals surface area contributed by atoms with Gasteiger partial charge in [-0.25, -0.2) is 4.52 Å². The molecule has 0 saturated carbocycles. The number of nitrogens with zero attached hydrogens (tertiary/aromatic N) is 6. The van der Waals surface area contributed by atoms with E-state index in [4.69, 9.17) is 4.74 Å². The number of anilines is 1. The van der Waals surface area contributed by atoms with Crippen LogP contribution in [0.25, 0.3) is 37.2 Å². The van der Waals surface area contributed by atoms with Crippen LogP contribution in [0.15, 0.2) is 29.5 Å². The molecule has 0 bridgehead atoms. The van der Waals surface area contributed by atoms with Gasteiger partial charge in [0.25, 0.3) is 5.56 Å². The molecule has 1 amide bonds. The predicted octanol–water partition coefficient (Wildman–Crippen LogP) is 2.15. The van der Waals surface area contributed by atoms with Gasteiger partial charge >= 0.3 is 0 Å². The van der Waals surface area contributed by atoms with Crippen molar-refractivity contribution in [3.8, 4) is 10.4 Å². The second-order valence-electron chi connectivity index (χ2n) is 8.87. The molecule has 1 fully saturated rings. The molecule has 6 rings (SSSR count). The molecule has 1 aliphatic heterocycles. The van der Waals surface area contributed by atoms with Gasteiger partial charge in [-0.15, -0.1) is 11.3 Å². The summed E-state index contributed by atoms with van der Waals surface area (Å²) in [5, 5.41) is 12.5. The van der Waals surface area contributed by atoms with Gasteiger partial charge in [0.05, 0.1) is 40.6 Å². The minimum Gasteiger partial charge on any atom is -0.380 e. The summed E-state index contributed by atoms with van der Waals surface area (Å²) in [6.07, 6.45) is 6.56. The van der Waals surface area contributed by atoms with Gasteiger partial charge in [-0.2, -0.15) is 10.2 Å². The lowest BCUT2D eigenvalue weighted by molar-refractivity contribution is -0.117. The minimum atomic E-state index is -0.244. The molecule has 0 spiro atoms. The van der Waals surface area contributed by atoms with Crippen LogP contribution in [0.1, 0.15) is 12.1 Å². The van der Waals surface area contributed by atoms with Crippen LogP contribution >= 0.6 is 11.3 Å². The molecule has 0 aliphatic carbocycles. The molecule has 5 aromatic heterocycles. The number of rotatable bonds is 5. The number of methoxy groups -OCH3 is 1. The molecule has 1 saturated heterocycles. The third kappa shape index (κ3) is 3.79. The molecule has 0 radical (unpaired) electrons. The largest absolute Gasteiger partial charge is 0.380 e. The number of aromatic amines is 1. The van der Waals surface area contributed by atoms with Crippen LogP contribution in [0, 0.1) is 6.92 Å². The second kappa shape index (κ2) is 8.26. The van der Waals surface area contributed by atoms with Crippen molar-refractivity contribution >= 4 is 49.7 Å². The first-order chi connectivity index (χ1) is 16.9. The average molecular weight is 493 g/mol. The summed E-state index contributed by atoms with van der Waals surface area (Å²) in [7, 11) is 3.57. The summed E-state index contributed by atoms with van der Waals surface area (Å²) < 4.78 is 8.86. The number of carbonyl (C=O) groups excluding carboxylic acids is 1. The minimum absolute atomic E-state index is 0.132. The van der Waals surface area contributed by atoms with E-state index < -0.39 is 0 Å². The standard InChI is InChI=1S/C23H24N8O3S/c1-12-15(9-29(2)27-12)17-10-31-23(35-17)19-21(28-31)20-16(26-22(19)33)6-13(7-24-20)25-18(32)11-30-5-4-14(8-30)34-3/h6-7,9-10,14H,4-5,8,11H2,1-3H3,(H,25,32)(H,26,33). The number of hydrogen-bond acceptors (Lipinski definition) is 8. The lowest BCUT2D eigenvalue weighted by Crippen LogP contribution is -2.32. The molecule has 0 aromatic carbocycles. The topological polar surface area (TPSA) is 122 Å². The number of amides is 1. The van der Waals surface area contributed by atoms with E-state index in [0.717, 1.165) is 40.5 Å². The number of aromatic nitrogens is 6. The Morgan fingerprint density at radius 3 is 2.91 bits per heavy atom. The van der Waals surface area contributed by atoms with E-state index >= 15 is 0 Å². The molecule has 2 N–H and O–H groups in total.